The van der Waals surface area contributed by atoms with E-state index in [1.807, 2.05) is 6.07 Å². The lowest BCUT2D eigenvalue weighted by Gasteiger charge is -2.31. The van der Waals surface area contributed by atoms with Crippen molar-refractivity contribution in [2.24, 2.45) is 17.5 Å². The number of nitrogen functional groups attached to an aromatic ring is 1. The normalized spacial score (nSPS) is 17.1. The molecule has 2 amide bonds. The molecule has 0 aliphatic carbocycles. The van der Waals surface area contributed by atoms with Crippen LogP contribution in [0.1, 0.15) is 33.8 Å². The third-order valence-corrected chi connectivity index (χ3v) is 4.66. The summed E-state index contributed by atoms with van der Waals surface area (Å²) in [5, 5.41) is 0. The number of rotatable bonds is 5. The van der Waals surface area contributed by atoms with Crippen LogP contribution in [-0.2, 0) is 11.3 Å². The number of nitrogens with zero attached hydrogens (tertiary/aromatic N) is 1. The van der Waals surface area contributed by atoms with Gasteiger partial charge in [0, 0.05) is 17.8 Å². The fourth-order valence-electron chi connectivity index (χ4n) is 2.51. The van der Waals surface area contributed by atoms with Crippen molar-refractivity contribution in [3.8, 4) is 0 Å². The molecule has 1 aromatic rings. The molecule has 0 spiro atoms. The predicted octanol–water partition coefficient (Wildman–Crippen LogP) is 0.439. The summed E-state index contributed by atoms with van der Waals surface area (Å²) < 4.78 is 0. The number of nitrogens with two attached hydrogens (primary N) is 2. The van der Waals surface area contributed by atoms with Crippen LogP contribution in [0.5, 0.6) is 0 Å². The Balaban J connectivity index is 1.82. The second-order valence-corrected chi connectivity index (χ2v) is 6.30. The standard InChI is InChI=1S/C13H20N4O2S/c14-12(18)7-9-3-5-17(6-4-9)8-10-1-2-11(20-10)13(19)16-15/h1-2,9H,3-8,15H2,(H2,14,18)(H,16,19). The van der Waals surface area contributed by atoms with Crippen LogP contribution in [0.3, 0.4) is 0 Å². The van der Waals surface area contributed by atoms with E-state index in [9.17, 15) is 9.59 Å². The Morgan fingerprint density at radius 3 is 2.65 bits per heavy atom. The third-order valence-electron chi connectivity index (χ3n) is 3.59. The SMILES string of the molecule is NNC(=O)c1ccc(CN2CCC(CC(N)=O)CC2)s1. The van der Waals surface area contributed by atoms with Crippen molar-refractivity contribution in [1.82, 2.24) is 10.3 Å². The summed E-state index contributed by atoms with van der Waals surface area (Å²) in [6, 6.07) is 3.76. The minimum Gasteiger partial charge on any atom is -0.370 e. The number of primary amides is 1. The van der Waals surface area contributed by atoms with Gasteiger partial charge in [-0.25, -0.2) is 5.84 Å². The van der Waals surface area contributed by atoms with Crippen LogP contribution in [0.15, 0.2) is 12.1 Å². The average Bonchev–Trinajstić information content (AvgIpc) is 2.88. The molecule has 6 nitrogen and oxygen atoms in total. The second-order valence-electron chi connectivity index (χ2n) is 5.13. The zero-order valence-electron chi connectivity index (χ0n) is 11.3. The summed E-state index contributed by atoms with van der Waals surface area (Å²) in [6.45, 7) is 2.77. The molecule has 0 radical (unpaired) electrons. The highest BCUT2D eigenvalue weighted by Crippen LogP contribution is 2.24. The lowest BCUT2D eigenvalue weighted by Crippen LogP contribution is -2.34. The summed E-state index contributed by atoms with van der Waals surface area (Å²) >= 11 is 1.46. The van der Waals surface area contributed by atoms with E-state index in [1.54, 1.807) is 6.07 Å². The molecule has 0 atom stereocenters. The smallest absolute Gasteiger partial charge is 0.275 e. The molecule has 2 heterocycles. The van der Waals surface area contributed by atoms with Gasteiger partial charge in [0.2, 0.25) is 5.91 Å². The topological polar surface area (TPSA) is 101 Å². The number of nitrogens with one attached hydrogen (secondary N) is 1. The average molecular weight is 296 g/mol. The van der Waals surface area contributed by atoms with Crippen molar-refractivity contribution in [3.05, 3.63) is 21.9 Å². The van der Waals surface area contributed by atoms with Crippen LogP contribution < -0.4 is 17.0 Å². The fourth-order valence-corrected chi connectivity index (χ4v) is 3.46. The highest BCUT2D eigenvalue weighted by Gasteiger charge is 2.21. The Morgan fingerprint density at radius 2 is 2.05 bits per heavy atom. The van der Waals surface area contributed by atoms with Crippen molar-refractivity contribution < 1.29 is 9.59 Å². The minimum absolute atomic E-state index is 0.209. The van der Waals surface area contributed by atoms with Crippen LogP contribution in [-0.4, -0.2) is 29.8 Å². The van der Waals surface area contributed by atoms with E-state index in [4.69, 9.17) is 11.6 Å². The van der Waals surface area contributed by atoms with E-state index in [0.29, 0.717) is 17.2 Å². The molecule has 1 aliphatic heterocycles. The molecular weight excluding hydrogens is 276 g/mol. The quantitative estimate of drug-likeness (QED) is 0.417. The number of hydrogen-bond acceptors (Lipinski definition) is 5. The molecule has 110 valence electrons. The van der Waals surface area contributed by atoms with Gasteiger partial charge < -0.3 is 5.73 Å². The first-order valence-corrected chi connectivity index (χ1v) is 7.50. The van der Waals surface area contributed by atoms with E-state index in [0.717, 1.165) is 37.4 Å². The lowest BCUT2D eigenvalue weighted by molar-refractivity contribution is -0.119. The second kappa shape index (κ2) is 6.83. The Bertz CT molecular complexity index is 480. The largest absolute Gasteiger partial charge is 0.370 e. The number of thiophene rings is 1. The van der Waals surface area contributed by atoms with Gasteiger partial charge in [-0.2, -0.15) is 0 Å². The van der Waals surface area contributed by atoms with Crippen molar-refractivity contribution in [1.29, 1.82) is 0 Å². The van der Waals surface area contributed by atoms with Gasteiger partial charge in [0.25, 0.3) is 5.91 Å². The van der Waals surface area contributed by atoms with E-state index in [2.05, 4.69) is 10.3 Å². The summed E-state index contributed by atoms with van der Waals surface area (Å²) in [7, 11) is 0. The zero-order chi connectivity index (χ0) is 14.5. The van der Waals surface area contributed by atoms with Gasteiger partial charge in [-0.1, -0.05) is 0 Å². The number of amides is 2. The molecule has 1 aromatic heterocycles. The molecule has 7 heteroatoms. The van der Waals surface area contributed by atoms with Gasteiger partial charge in [-0.3, -0.25) is 19.9 Å². The number of likely N-dealkylation sites (tertiary alicyclic amines) is 1. The molecule has 0 unspecified atom stereocenters. The maximum Gasteiger partial charge on any atom is 0.275 e. The van der Waals surface area contributed by atoms with E-state index in [1.165, 1.54) is 11.3 Å². The highest BCUT2D eigenvalue weighted by atomic mass is 32.1. The van der Waals surface area contributed by atoms with Gasteiger partial charge in [0.15, 0.2) is 0 Å². The number of piperidine rings is 1. The Labute approximate surface area is 122 Å². The van der Waals surface area contributed by atoms with Crippen LogP contribution in [0.4, 0.5) is 0 Å². The van der Waals surface area contributed by atoms with Gasteiger partial charge in [0.05, 0.1) is 4.88 Å². The van der Waals surface area contributed by atoms with E-state index < -0.39 is 0 Å². The number of hydrogen-bond donors (Lipinski definition) is 3. The van der Waals surface area contributed by atoms with E-state index >= 15 is 0 Å². The first-order chi connectivity index (χ1) is 9.58. The van der Waals surface area contributed by atoms with E-state index in [-0.39, 0.29) is 11.8 Å². The Hall–Kier alpha value is -1.44. The third kappa shape index (κ3) is 4.03. The minimum atomic E-state index is -0.249. The summed E-state index contributed by atoms with van der Waals surface area (Å²) in [6.07, 6.45) is 2.50. The number of carbonyl (C=O) groups excluding carboxylic acids is 2. The molecule has 0 aromatic carbocycles. The van der Waals surface area contributed by atoms with Crippen molar-refractivity contribution in [2.75, 3.05) is 13.1 Å². The highest BCUT2D eigenvalue weighted by molar-refractivity contribution is 7.14. The van der Waals surface area contributed by atoms with Gasteiger partial charge >= 0.3 is 0 Å². The van der Waals surface area contributed by atoms with Crippen molar-refractivity contribution in [2.45, 2.75) is 25.8 Å². The zero-order valence-corrected chi connectivity index (χ0v) is 12.1. The van der Waals surface area contributed by atoms with Crippen LogP contribution in [0, 0.1) is 5.92 Å². The first kappa shape index (κ1) is 15.0. The molecule has 20 heavy (non-hydrogen) atoms. The van der Waals surface area contributed by atoms with Crippen LogP contribution in [0.25, 0.3) is 0 Å². The maximum atomic E-state index is 11.4. The molecule has 1 fully saturated rings. The summed E-state index contributed by atoms with van der Waals surface area (Å²) in [5.74, 6) is 5.08. The van der Waals surface area contributed by atoms with Crippen molar-refractivity contribution >= 4 is 23.2 Å². The van der Waals surface area contributed by atoms with Gasteiger partial charge in [-0.15, -0.1) is 11.3 Å². The number of carbonyl (C=O) groups is 2. The van der Waals surface area contributed by atoms with Gasteiger partial charge in [-0.05, 0) is 44.0 Å². The molecule has 5 N–H and O–H groups in total. The lowest BCUT2D eigenvalue weighted by atomic mass is 9.93. The molecular formula is C13H20N4O2S. The first-order valence-electron chi connectivity index (χ1n) is 6.69. The molecule has 0 bridgehead atoms. The van der Waals surface area contributed by atoms with Crippen molar-refractivity contribution in [3.63, 3.8) is 0 Å². The van der Waals surface area contributed by atoms with Gasteiger partial charge in [0.1, 0.15) is 0 Å². The number of hydrazine groups is 1. The molecule has 2 rings (SSSR count). The molecule has 0 saturated carbocycles. The monoisotopic (exact) mass is 296 g/mol. The summed E-state index contributed by atoms with van der Waals surface area (Å²) in [5.41, 5.74) is 7.36. The van der Waals surface area contributed by atoms with Crippen LogP contribution in [0.2, 0.25) is 0 Å². The fraction of sp³-hybridized carbons (Fsp3) is 0.538. The Morgan fingerprint density at radius 1 is 1.35 bits per heavy atom. The predicted molar refractivity (Wildman–Crippen MR) is 77.8 cm³/mol. The molecule has 1 saturated heterocycles. The Kier molecular flexibility index (Phi) is 5.11. The summed E-state index contributed by atoms with van der Waals surface area (Å²) in [4.78, 5) is 26.4. The maximum absolute atomic E-state index is 11.4. The van der Waals surface area contributed by atoms with Crippen LogP contribution >= 0.6 is 11.3 Å². The molecule has 1 aliphatic rings.